The summed E-state index contributed by atoms with van der Waals surface area (Å²) in [5, 5.41) is 9.40. The van der Waals surface area contributed by atoms with Gasteiger partial charge in [0.25, 0.3) is 0 Å². The Labute approximate surface area is 119 Å². The zero-order valence-corrected chi connectivity index (χ0v) is 13.3. The molecule has 0 aliphatic heterocycles. The van der Waals surface area contributed by atoms with Gasteiger partial charge in [-0.1, -0.05) is 25.6 Å². The average Bonchev–Trinajstić information content (AvgIpc) is 2.57. The summed E-state index contributed by atoms with van der Waals surface area (Å²) in [5.74, 6) is 1.68. The molecule has 0 radical (unpaired) electrons. The van der Waals surface area contributed by atoms with Gasteiger partial charge >= 0.3 is 0 Å². The first-order valence-corrected chi connectivity index (χ1v) is 6.57. The molecule has 1 heterocycles. The highest BCUT2D eigenvalue weighted by Crippen LogP contribution is 2.16. The number of aryl methyl sites for hydroxylation is 1. The molecule has 0 spiro atoms. The standard InChI is InChI=1S/C10H20N4S.HI/c1-8(2)7-14-9(5-4-6-11)12-13-10(14)15-3;/h8H,4-7,11H2,1-3H3;1H. The van der Waals surface area contributed by atoms with E-state index in [0.717, 1.165) is 30.4 Å². The summed E-state index contributed by atoms with van der Waals surface area (Å²) in [6.45, 7) is 6.11. The Balaban J connectivity index is 0.00000225. The number of nitrogens with zero attached hydrogens (tertiary/aromatic N) is 3. The Morgan fingerprint density at radius 1 is 1.38 bits per heavy atom. The van der Waals surface area contributed by atoms with Crippen LogP contribution < -0.4 is 5.73 Å². The van der Waals surface area contributed by atoms with Crippen LogP contribution in [0.3, 0.4) is 0 Å². The molecular weight excluding hydrogens is 335 g/mol. The molecule has 0 atom stereocenters. The topological polar surface area (TPSA) is 56.7 Å². The summed E-state index contributed by atoms with van der Waals surface area (Å²) < 4.78 is 2.21. The van der Waals surface area contributed by atoms with Crippen LogP contribution in [0.1, 0.15) is 26.1 Å². The SMILES string of the molecule is CSc1nnc(CCCN)n1CC(C)C.I. The van der Waals surface area contributed by atoms with Gasteiger partial charge in [-0.25, -0.2) is 0 Å². The first-order valence-electron chi connectivity index (χ1n) is 5.35. The van der Waals surface area contributed by atoms with Crippen LogP contribution in [-0.4, -0.2) is 27.6 Å². The lowest BCUT2D eigenvalue weighted by molar-refractivity contribution is 0.477. The fourth-order valence-corrected chi connectivity index (χ4v) is 1.99. The van der Waals surface area contributed by atoms with Gasteiger partial charge in [-0.05, 0) is 25.1 Å². The maximum Gasteiger partial charge on any atom is 0.190 e. The highest BCUT2D eigenvalue weighted by Gasteiger charge is 2.11. The molecular formula is C10H21IN4S. The molecule has 16 heavy (non-hydrogen) atoms. The number of hydrogen-bond acceptors (Lipinski definition) is 4. The number of aromatic nitrogens is 3. The third kappa shape index (κ3) is 4.58. The molecule has 0 saturated carbocycles. The van der Waals surface area contributed by atoms with Crippen molar-refractivity contribution in [1.82, 2.24) is 14.8 Å². The van der Waals surface area contributed by atoms with E-state index in [9.17, 15) is 0 Å². The Morgan fingerprint density at radius 2 is 2.06 bits per heavy atom. The number of thioether (sulfide) groups is 1. The largest absolute Gasteiger partial charge is 0.330 e. The predicted molar refractivity (Wildman–Crippen MR) is 79.4 cm³/mol. The van der Waals surface area contributed by atoms with E-state index < -0.39 is 0 Å². The van der Waals surface area contributed by atoms with E-state index in [0.29, 0.717) is 12.5 Å². The van der Waals surface area contributed by atoms with E-state index in [2.05, 4.69) is 28.6 Å². The summed E-state index contributed by atoms with van der Waals surface area (Å²) in [5.41, 5.74) is 5.50. The van der Waals surface area contributed by atoms with Crippen molar-refractivity contribution in [2.75, 3.05) is 12.8 Å². The summed E-state index contributed by atoms with van der Waals surface area (Å²) >= 11 is 1.65. The average molecular weight is 356 g/mol. The van der Waals surface area contributed by atoms with Crippen LogP contribution in [-0.2, 0) is 13.0 Å². The van der Waals surface area contributed by atoms with Crippen molar-refractivity contribution in [3.05, 3.63) is 5.82 Å². The lowest BCUT2D eigenvalue weighted by Gasteiger charge is -2.11. The number of hydrogen-bond donors (Lipinski definition) is 1. The molecule has 0 unspecified atom stereocenters. The molecule has 0 amide bonds. The van der Waals surface area contributed by atoms with Crippen molar-refractivity contribution in [3.63, 3.8) is 0 Å². The smallest absolute Gasteiger partial charge is 0.190 e. The lowest BCUT2D eigenvalue weighted by atomic mass is 10.2. The Morgan fingerprint density at radius 3 is 2.56 bits per heavy atom. The second-order valence-corrected chi connectivity index (χ2v) is 4.77. The van der Waals surface area contributed by atoms with Crippen LogP contribution in [0.2, 0.25) is 0 Å². The highest BCUT2D eigenvalue weighted by molar-refractivity contribution is 14.0. The van der Waals surface area contributed by atoms with Crippen molar-refractivity contribution < 1.29 is 0 Å². The van der Waals surface area contributed by atoms with E-state index in [1.165, 1.54) is 0 Å². The fraction of sp³-hybridized carbons (Fsp3) is 0.800. The summed E-state index contributed by atoms with van der Waals surface area (Å²) in [4.78, 5) is 0. The van der Waals surface area contributed by atoms with Crippen LogP contribution in [0.4, 0.5) is 0 Å². The van der Waals surface area contributed by atoms with Gasteiger partial charge in [0.05, 0.1) is 0 Å². The molecule has 0 aromatic carbocycles. The van der Waals surface area contributed by atoms with Crippen LogP contribution in [0, 0.1) is 5.92 Å². The second kappa shape index (κ2) is 8.30. The zero-order chi connectivity index (χ0) is 11.3. The molecule has 94 valence electrons. The molecule has 0 bridgehead atoms. The van der Waals surface area contributed by atoms with Crippen LogP contribution in [0.15, 0.2) is 5.16 Å². The third-order valence-corrected chi connectivity index (χ3v) is 2.80. The zero-order valence-electron chi connectivity index (χ0n) is 10.1. The van der Waals surface area contributed by atoms with E-state index in [4.69, 9.17) is 5.73 Å². The Bertz CT molecular complexity index is 301. The molecule has 6 heteroatoms. The normalized spacial score (nSPS) is 10.6. The quantitative estimate of drug-likeness (QED) is 0.627. The van der Waals surface area contributed by atoms with Crippen LogP contribution in [0.5, 0.6) is 0 Å². The van der Waals surface area contributed by atoms with Crippen molar-refractivity contribution >= 4 is 35.7 Å². The molecule has 0 aliphatic rings. The molecule has 1 aromatic rings. The fourth-order valence-electron chi connectivity index (χ4n) is 1.46. The second-order valence-electron chi connectivity index (χ2n) is 4.00. The minimum Gasteiger partial charge on any atom is -0.330 e. The van der Waals surface area contributed by atoms with Gasteiger partial charge in [-0.2, -0.15) is 0 Å². The Kier molecular flexibility index (Phi) is 8.39. The summed E-state index contributed by atoms with van der Waals surface area (Å²) in [7, 11) is 0. The summed E-state index contributed by atoms with van der Waals surface area (Å²) in [6, 6.07) is 0. The minimum absolute atomic E-state index is 0. The third-order valence-electron chi connectivity index (χ3n) is 2.13. The molecule has 0 fully saturated rings. The van der Waals surface area contributed by atoms with E-state index >= 15 is 0 Å². The molecule has 1 aromatic heterocycles. The molecule has 2 N–H and O–H groups in total. The maximum absolute atomic E-state index is 5.50. The van der Waals surface area contributed by atoms with Gasteiger partial charge in [0.1, 0.15) is 5.82 Å². The van der Waals surface area contributed by atoms with Crippen LogP contribution in [0.25, 0.3) is 0 Å². The first kappa shape index (κ1) is 16.2. The van der Waals surface area contributed by atoms with E-state index in [1.807, 2.05) is 6.26 Å². The van der Waals surface area contributed by atoms with Gasteiger partial charge < -0.3 is 10.3 Å². The number of halogens is 1. The van der Waals surface area contributed by atoms with E-state index in [-0.39, 0.29) is 24.0 Å². The lowest BCUT2D eigenvalue weighted by Crippen LogP contribution is -2.11. The van der Waals surface area contributed by atoms with Gasteiger partial charge in [-0.15, -0.1) is 34.2 Å². The van der Waals surface area contributed by atoms with Gasteiger partial charge in [-0.3, -0.25) is 0 Å². The van der Waals surface area contributed by atoms with Gasteiger partial charge in [0, 0.05) is 13.0 Å². The molecule has 4 nitrogen and oxygen atoms in total. The van der Waals surface area contributed by atoms with Crippen molar-refractivity contribution in [2.24, 2.45) is 11.7 Å². The summed E-state index contributed by atoms with van der Waals surface area (Å²) in [6.07, 6.45) is 3.94. The van der Waals surface area contributed by atoms with Gasteiger partial charge in [0.2, 0.25) is 0 Å². The first-order chi connectivity index (χ1) is 7.19. The monoisotopic (exact) mass is 356 g/mol. The molecule has 0 aliphatic carbocycles. The number of nitrogens with two attached hydrogens (primary N) is 1. The molecule has 0 saturated heterocycles. The predicted octanol–water partition coefficient (Wildman–Crippen LogP) is 2.17. The molecule has 1 rings (SSSR count). The van der Waals surface area contributed by atoms with Gasteiger partial charge in [0.15, 0.2) is 5.16 Å². The van der Waals surface area contributed by atoms with E-state index in [1.54, 1.807) is 11.8 Å². The van der Waals surface area contributed by atoms with Crippen molar-refractivity contribution in [2.45, 2.75) is 38.4 Å². The highest BCUT2D eigenvalue weighted by atomic mass is 127. The minimum atomic E-state index is 0. The Hall–Kier alpha value is 0.180. The van der Waals surface area contributed by atoms with Crippen molar-refractivity contribution in [1.29, 1.82) is 0 Å². The number of rotatable bonds is 6. The van der Waals surface area contributed by atoms with Crippen LogP contribution >= 0.6 is 35.7 Å². The van der Waals surface area contributed by atoms with Crippen molar-refractivity contribution in [3.8, 4) is 0 Å². The maximum atomic E-state index is 5.50.